The van der Waals surface area contributed by atoms with Gasteiger partial charge in [0, 0.05) is 56.2 Å². The number of Topliss-reactive ketones (excluding diaryl/α,β-unsaturated/α-hetero) is 2. The highest BCUT2D eigenvalue weighted by molar-refractivity contribution is 7.19. The van der Waals surface area contributed by atoms with Gasteiger partial charge in [-0.25, -0.2) is 9.97 Å². The number of benzene rings is 1. The summed E-state index contributed by atoms with van der Waals surface area (Å²) in [5, 5.41) is 23.9. The number of β-amino-alcohol motifs (C(OH)–C–C–N with tert-alkyl or cyclic N) is 1. The molecule has 6 rings (SSSR count). The number of aliphatic hydroxyl groups is 2. The van der Waals surface area contributed by atoms with E-state index in [1.165, 1.54) is 16.9 Å². The number of ketones is 2. The molecule has 4 atom stereocenters. The zero-order valence-corrected chi connectivity index (χ0v) is 27.7. The summed E-state index contributed by atoms with van der Waals surface area (Å²) in [5.41, 5.74) is 5.10. The van der Waals surface area contributed by atoms with Crippen molar-refractivity contribution in [3.05, 3.63) is 57.7 Å². The zero-order chi connectivity index (χ0) is 31.7. The van der Waals surface area contributed by atoms with E-state index in [9.17, 15) is 19.8 Å². The maximum absolute atomic E-state index is 13.9. The summed E-state index contributed by atoms with van der Waals surface area (Å²) in [7, 11) is 0. The molecular weight excluding hydrogens is 584 g/mol. The molecule has 242 valence electrons. The molecule has 9 heteroatoms. The van der Waals surface area contributed by atoms with Crippen molar-refractivity contribution in [2.45, 2.75) is 90.3 Å². The van der Waals surface area contributed by atoms with E-state index in [-0.39, 0.29) is 34.9 Å². The molecule has 0 spiro atoms. The molecule has 2 aliphatic heterocycles. The molecule has 3 aliphatic rings. The van der Waals surface area contributed by atoms with Crippen molar-refractivity contribution in [3.8, 4) is 0 Å². The molecule has 1 aromatic carbocycles. The first-order chi connectivity index (χ1) is 21.5. The number of carbonyl (C=O) groups excluding carboxylic acids is 2. The third kappa shape index (κ3) is 7.71. The molecule has 4 heterocycles. The number of aliphatic hydroxyl groups excluding tert-OH is 2. The van der Waals surface area contributed by atoms with E-state index >= 15 is 0 Å². The van der Waals surface area contributed by atoms with E-state index in [2.05, 4.69) is 37.1 Å². The summed E-state index contributed by atoms with van der Waals surface area (Å²) < 4.78 is 0. The third-order valence-corrected chi connectivity index (χ3v) is 11.4. The van der Waals surface area contributed by atoms with Crippen LogP contribution in [0.25, 0.3) is 10.3 Å². The Bertz CT molecular complexity index is 1520. The van der Waals surface area contributed by atoms with E-state index in [0.717, 1.165) is 79.8 Å². The van der Waals surface area contributed by atoms with Gasteiger partial charge in [0.2, 0.25) is 0 Å². The minimum absolute atomic E-state index is 0.0134. The van der Waals surface area contributed by atoms with Gasteiger partial charge >= 0.3 is 0 Å². The van der Waals surface area contributed by atoms with Crippen molar-refractivity contribution in [3.63, 3.8) is 0 Å². The van der Waals surface area contributed by atoms with Crippen molar-refractivity contribution in [2.24, 2.45) is 17.3 Å². The van der Waals surface area contributed by atoms with Gasteiger partial charge in [0.25, 0.3) is 0 Å². The van der Waals surface area contributed by atoms with Crippen LogP contribution >= 0.6 is 11.3 Å². The van der Waals surface area contributed by atoms with E-state index < -0.39 is 6.10 Å². The number of thiazole rings is 1. The molecule has 0 radical (unpaired) electrons. The SMILES string of the molecule is CC(C)(C)[C@H]1CCc2nc3sc(C(=O)C[C@H](CCN4CCC(O)CC4)c4cccc(C(=O)C[C@H]5CNC[C@@H]5O)c4)nc3cc2C1. The summed E-state index contributed by atoms with van der Waals surface area (Å²) in [5.74, 6) is 0.492. The number of aromatic nitrogens is 2. The van der Waals surface area contributed by atoms with Crippen LogP contribution in [0.1, 0.15) is 102 Å². The highest BCUT2D eigenvalue weighted by Gasteiger charge is 2.31. The van der Waals surface area contributed by atoms with Crippen LogP contribution < -0.4 is 5.32 Å². The average Bonchev–Trinajstić information content (AvgIpc) is 3.63. The lowest BCUT2D eigenvalue weighted by Gasteiger charge is -2.34. The molecule has 45 heavy (non-hydrogen) atoms. The van der Waals surface area contributed by atoms with Gasteiger partial charge < -0.3 is 20.4 Å². The summed E-state index contributed by atoms with van der Waals surface area (Å²) in [6.45, 7) is 10.6. The number of carbonyl (C=O) groups is 2. The van der Waals surface area contributed by atoms with Gasteiger partial charge in [0.05, 0.1) is 12.2 Å². The van der Waals surface area contributed by atoms with Crippen LogP contribution in [-0.4, -0.2) is 81.6 Å². The topological polar surface area (TPSA) is 116 Å². The molecule has 2 aromatic heterocycles. The number of fused-ring (bicyclic) bond motifs is 2. The van der Waals surface area contributed by atoms with E-state index in [1.54, 1.807) is 0 Å². The van der Waals surface area contributed by atoms with Crippen molar-refractivity contribution >= 4 is 33.3 Å². The number of pyridine rings is 1. The minimum Gasteiger partial charge on any atom is -0.393 e. The van der Waals surface area contributed by atoms with Gasteiger partial charge in [0.1, 0.15) is 10.3 Å². The molecule has 2 fully saturated rings. The molecule has 0 saturated carbocycles. The Morgan fingerprint density at radius 1 is 1.07 bits per heavy atom. The van der Waals surface area contributed by atoms with Crippen LogP contribution in [0.2, 0.25) is 0 Å². The molecule has 0 unspecified atom stereocenters. The summed E-state index contributed by atoms with van der Waals surface area (Å²) in [4.78, 5) is 40.1. The van der Waals surface area contributed by atoms with Gasteiger partial charge in [-0.3, -0.25) is 9.59 Å². The number of nitrogens with one attached hydrogen (secondary N) is 1. The summed E-state index contributed by atoms with van der Waals surface area (Å²) in [6, 6.07) is 9.90. The van der Waals surface area contributed by atoms with Crippen molar-refractivity contribution < 1.29 is 19.8 Å². The fourth-order valence-electron chi connectivity index (χ4n) is 7.30. The van der Waals surface area contributed by atoms with E-state index in [4.69, 9.17) is 9.97 Å². The quantitative estimate of drug-likeness (QED) is 0.262. The second-order valence-corrected chi connectivity index (χ2v) is 15.6. The Labute approximate surface area is 270 Å². The average molecular weight is 633 g/mol. The number of aryl methyl sites for hydroxylation is 1. The Hall–Kier alpha value is -2.56. The van der Waals surface area contributed by atoms with E-state index in [0.29, 0.717) is 42.4 Å². The fraction of sp³-hybridized carbons (Fsp3) is 0.611. The predicted molar refractivity (Wildman–Crippen MR) is 178 cm³/mol. The van der Waals surface area contributed by atoms with Crippen molar-refractivity contribution in [2.75, 3.05) is 32.7 Å². The Morgan fingerprint density at radius 2 is 1.87 bits per heavy atom. The van der Waals surface area contributed by atoms with Crippen LogP contribution in [0.15, 0.2) is 30.3 Å². The standard InChI is InChI=1S/C36H48N4O4S/c1-36(2,3)27-7-8-29-25(16-27)17-30-34(38-29)45-35(39-30)32(43)18-23(9-12-40-13-10-28(41)11-14-40)22-5-4-6-24(15-22)31(42)19-26-20-37-21-33(26)44/h4-6,15,17,23,26-28,33,37,41,44H,7-14,16,18-21H2,1-3H3/t23-,26-,27-,33-/m0/s1. The fourth-order valence-corrected chi connectivity index (χ4v) is 8.19. The molecular formula is C36H48N4O4S. The minimum atomic E-state index is -0.501. The monoisotopic (exact) mass is 632 g/mol. The Morgan fingerprint density at radius 3 is 2.60 bits per heavy atom. The number of nitrogens with zero attached hydrogens (tertiary/aromatic N) is 3. The van der Waals surface area contributed by atoms with Crippen LogP contribution in [0, 0.1) is 17.3 Å². The van der Waals surface area contributed by atoms with Crippen LogP contribution in [-0.2, 0) is 12.8 Å². The first-order valence-electron chi connectivity index (χ1n) is 16.8. The number of piperidine rings is 1. The molecule has 3 aromatic rings. The molecule has 0 bridgehead atoms. The first-order valence-corrected chi connectivity index (χ1v) is 17.6. The molecule has 1 aliphatic carbocycles. The second kappa shape index (κ2) is 13.7. The van der Waals surface area contributed by atoms with Gasteiger partial charge in [0.15, 0.2) is 16.6 Å². The Balaban J connectivity index is 1.21. The number of rotatable bonds is 10. The second-order valence-electron chi connectivity index (χ2n) is 14.7. The maximum atomic E-state index is 13.9. The van der Waals surface area contributed by atoms with Crippen LogP contribution in [0.5, 0.6) is 0 Å². The molecule has 2 saturated heterocycles. The smallest absolute Gasteiger partial charge is 0.192 e. The zero-order valence-electron chi connectivity index (χ0n) is 26.9. The Kier molecular flexibility index (Phi) is 9.83. The van der Waals surface area contributed by atoms with Crippen molar-refractivity contribution in [1.82, 2.24) is 20.2 Å². The van der Waals surface area contributed by atoms with Crippen LogP contribution in [0.4, 0.5) is 0 Å². The van der Waals surface area contributed by atoms with E-state index in [1.807, 2.05) is 24.3 Å². The van der Waals surface area contributed by atoms with Crippen molar-refractivity contribution in [1.29, 1.82) is 0 Å². The predicted octanol–water partition coefficient (Wildman–Crippen LogP) is 5.20. The van der Waals surface area contributed by atoms with Crippen LogP contribution in [0.3, 0.4) is 0 Å². The van der Waals surface area contributed by atoms with Gasteiger partial charge in [-0.2, -0.15) is 0 Å². The van der Waals surface area contributed by atoms with Gasteiger partial charge in [-0.1, -0.05) is 50.3 Å². The lowest BCUT2D eigenvalue weighted by Crippen LogP contribution is -2.36. The highest BCUT2D eigenvalue weighted by Crippen LogP contribution is 2.38. The summed E-state index contributed by atoms with van der Waals surface area (Å²) in [6.07, 6.45) is 5.31. The van der Waals surface area contributed by atoms with Gasteiger partial charge in [-0.15, -0.1) is 0 Å². The number of likely N-dealkylation sites (tertiary alicyclic amines) is 1. The molecule has 0 amide bonds. The molecule has 3 N–H and O–H groups in total. The highest BCUT2D eigenvalue weighted by atomic mass is 32.1. The first kappa shape index (κ1) is 32.4. The maximum Gasteiger partial charge on any atom is 0.192 e. The third-order valence-electron chi connectivity index (χ3n) is 10.4. The normalized spacial score (nSPS) is 23.7. The summed E-state index contributed by atoms with van der Waals surface area (Å²) >= 11 is 1.40. The number of hydrogen-bond acceptors (Lipinski definition) is 9. The molecule has 8 nitrogen and oxygen atoms in total. The van der Waals surface area contributed by atoms with Gasteiger partial charge in [-0.05, 0) is 85.6 Å². The number of hydrogen-bond donors (Lipinski definition) is 3. The largest absolute Gasteiger partial charge is 0.393 e. The lowest BCUT2D eigenvalue weighted by atomic mass is 9.71. The lowest BCUT2D eigenvalue weighted by molar-refractivity contribution is 0.0805.